The van der Waals surface area contributed by atoms with Crippen LogP contribution in [0.15, 0.2) is 12.5 Å². The summed E-state index contributed by atoms with van der Waals surface area (Å²) in [5.74, 6) is -0.167. The quantitative estimate of drug-likeness (QED) is 0.724. The van der Waals surface area contributed by atoms with Crippen LogP contribution in [0.4, 0.5) is 0 Å². The molecule has 0 fully saturated rings. The van der Waals surface area contributed by atoms with Crippen molar-refractivity contribution in [2.75, 3.05) is 14.2 Å². The Balaban J connectivity index is 2.54. The highest BCUT2D eigenvalue weighted by atomic mass is 32.1. The topological polar surface area (TPSA) is 46.8 Å². The van der Waals surface area contributed by atoms with Crippen molar-refractivity contribution in [1.82, 2.24) is 14.4 Å². The Morgan fingerprint density at radius 2 is 2.40 bits per heavy atom. The Morgan fingerprint density at radius 3 is 3.07 bits per heavy atom. The molecule has 2 aromatic heterocycles. The summed E-state index contributed by atoms with van der Waals surface area (Å²) in [5.41, 5.74) is 0.608. The van der Waals surface area contributed by atoms with Crippen LogP contribution in [0.1, 0.15) is 15.4 Å². The smallest absolute Gasteiger partial charge is 0.285 e. The minimum Gasteiger partial charge on any atom is -0.285 e. The molecule has 15 heavy (non-hydrogen) atoms. The van der Waals surface area contributed by atoms with Crippen molar-refractivity contribution >= 4 is 22.1 Å². The van der Waals surface area contributed by atoms with Crippen molar-refractivity contribution in [1.29, 1.82) is 0 Å². The lowest BCUT2D eigenvalue weighted by atomic mass is 10.3. The molecule has 2 aromatic rings. The summed E-state index contributed by atoms with van der Waals surface area (Å²) in [6.07, 6.45) is 3.37. The number of aromatic nitrogens is 2. The van der Waals surface area contributed by atoms with Gasteiger partial charge in [-0.1, -0.05) is 0 Å². The van der Waals surface area contributed by atoms with Gasteiger partial charge >= 0.3 is 0 Å². The predicted octanol–water partition coefficient (Wildman–Crippen LogP) is 1.34. The Hall–Kier alpha value is -1.40. The molecule has 5 nitrogen and oxygen atoms in total. The number of hydrogen-bond donors (Lipinski definition) is 0. The number of aryl methyl sites for hydroxylation is 1. The van der Waals surface area contributed by atoms with E-state index in [2.05, 4.69) is 4.98 Å². The van der Waals surface area contributed by atoms with Crippen LogP contribution in [0.3, 0.4) is 0 Å². The van der Waals surface area contributed by atoms with Crippen LogP contribution in [0.5, 0.6) is 0 Å². The molecule has 6 heteroatoms. The molecule has 0 aliphatic rings. The minimum atomic E-state index is -0.167. The van der Waals surface area contributed by atoms with Crippen LogP contribution in [-0.2, 0) is 4.84 Å². The zero-order valence-electron chi connectivity index (χ0n) is 8.72. The highest BCUT2D eigenvalue weighted by Gasteiger charge is 2.19. The molecule has 0 bridgehead atoms. The molecule has 1 amide bonds. The molecule has 0 saturated heterocycles. The Morgan fingerprint density at radius 1 is 1.67 bits per heavy atom. The van der Waals surface area contributed by atoms with Crippen molar-refractivity contribution in [3.8, 4) is 0 Å². The molecule has 0 aromatic carbocycles. The molecule has 0 saturated carbocycles. The van der Waals surface area contributed by atoms with Gasteiger partial charge in [0.15, 0.2) is 0 Å². The fourth-order valence-electron chi connectivity index (χ4n) is 1.39. The third-order valence-electron chi connectivity index (χ3n) is 2.20. The summed E-state index contributed by atoms with van der Waals surface area (Å²) in [6, 6.07) is 0. The number of rotatable bonds is 2. The monoisotopic (exact) mass is 225 g/mol. The SMILES string of the molecule is CON(C)C(=O)c1c(C)sc2cncn12. The van der Waals surface area contributed by atoms with Crippen molar-refractivity contribution in [3.05, 3.63) is 23.1 Å². The second kappa shape index (κ2) is 3.63. The molecule has 0 aliphatic heterocycles. The maximum atomic E-state index is 11.9. The Labute approximate surface area is 90.9 Å². The summed E-state index contributed by atoms with van der Waals surface area (Å²) >= 11 is 1.54. The van der Waals surface area contributed by atoms with E-state index in [9.17, 15) is 4.79 Å². The van der Waals surface area contributed by atoms with E-state index in [-0.39, 0.29) is 5.91 Å². The average molecular weight is 225 g/mol. The summed E-state index contributed by atoms with van der Waals surface area (Å²) in [5, 5.41) is 1.20. The zero-order valence-corrected chi connectivity index (χ0v) is 9.54. The van der Waals surface area contributed by atoms with E-state index in [1.54, 1.807) is 24.0 Å². The van der Waals surface area contributed by atoms with Crippen molar-refractivity contribution < 1.29 is 9.63 Å². The number of fused-ring (bicyclic) bond motifs is 1. The first-order valence-corrected chi connectivity index (χ1v) is 5.20. The molecule has 0 N–H and O–H groups in total. The van der Waals surface area contributed by atoms with Crippen molar-refractivity contribution in [2.45, 2.75) is 6.92 Å². The van der Waals surface area contributed by atoms with Gasteiger partial charge in [-0.05, 0) is 6.92 Å². The van der Waals surface area contributed by atoms with Gasteiger partial charge in [-0.3, -0.25) is 14.0 Å². The standard InChI is InChI=1S/C9H11N3O2S/c1-6-8(9(13)11(2)14-3)12-5-10-4-7(12)15-6/h4-5H,1-3H3. The zero-order chi connectivity index (χ0) is 11.0. The minimum absolute atomic E-state index is 0.167. The number of carbonyl (C=O) groups excluding carboxylic acids is 1. The first-order chi connectivity index (χ1) is 7.15. The van der Waals surface area contributed by atoms with Gasteiger partial charge in [0.25, 0.3) is 5.91 Å². The summed E-state index contributed by atoms with van der Waals surface area (Å²) < 4.78 is 1.78. The van der Waals surface area contributed by atoms with Gasteiger partial charge in [0.05, 0.1) is 13.3 Å². The fourth-order valence-corrected chi connectivity index (χ4v) is 2.33. The van der Waals surface area contributed by atoms with E-state index in [1.807, 2.05) is 6.92 Å². The first kappa shape index (κ1) is 10.1. The summed E-state index contributed by atoms with van der Waals surface area (Å²) in [6.45, 7) is 1.91. The molecule has 2 heterocycles. The van der Waals surface area contributed by atoms with Gasteiger partial charge in [-0.25, -0.2) is 10.0 Å². The molecular formula is C9H11N3O2S. The lowest BCUT2D eigenvalue weighted by Gasteiger charge is -2.13. The maximum Gasteiger partial charge on any atom is 0.295 e. The van der Waals surface area contributed by atoms with Crippen LogP contribution in [0.25, 0.3) is 4.83 Å². The van der Waals surface area contributed by atoms with E-state index < -0.39 is 0 Å². The molecule has 2 rings (SSSR count). The maximum absolute atomic E-state index is 11.9. The molecule has 0 spiro atoms. The van der Waals surface area contributed by atoms with Gasteiger partial charge in [-0.15, -0.1) is 11.3 Å². The van der Waals surface area contributed by atoms with E-state index in [1.165, 1.54) is 23.5 Å². The van der Waals surface area contributed by atoms with E-state index in [0.29, 0.717) is 5.69 Å². The normalized spacial score (nSPS) is 10.9. The van der Waals surface area contributed by atoms with Gasteiger partial charge in [-0.2, -0.15) is 0 Å². The summed E-state index contributed by atoms with van der Waals surface area (Å²) in [4.78, 5) is 22.7. The largest absolute Gasteiger partial charge is 0.295 e. The molecule has 80 valence electrons. The number of imidazole rings is 1. The number of amides is 1. The average Bonchev–Trinajstić information content (AvgIpc) is 2.75. The van der Waals surface area contributed by atoms with Crippen LogP contribution >= 0.6 is 11.3 Å². The van der Waals surface area contributed by atoms with Gasteiger partial charge in [0.1, 0.15) is 16.9 Å². The molecule has 0 unspecified atom stereocenters. The Bertz CT molecular complexity index is 502. The number of carbonyl (C=O) groups is 1. The van der Waals surface area contributed by atoms with Crippen LogP contribution < -0.4 is 0 Å². The van der Waals surface area contributed by atoms with E-state index in [0.717, 1.165) is 9.71 Å². The van der Waals surface area contributed by atoms with Crippen LogP contribution in [-0.4, -0.2) is 34.5 Å². The highest BCUT2D eigenvalue weighted by Crippen LogP contribution is 2.23. The van der Waals surface area contributed by atoms with Crippen molar-refractivity contribution in [2.24, 2.45) is 0 Å². The highest BCUT2D eigenvalue weighted by molar-refractivity contribution is 7.17. The van der Waals surface area contributed by atoms with Crippen LogP contribution in [0.2, 0.25) is 0 Å². The molecule has 0 atom stereocenters. The number of nitrogens with zero attached hydrogens (tertiary/aromatic N) is 3. The second-order valence-corrected chi connectivity index (χ2v) is 4.33. The number of thiazole rings is 1. The Kier molecular flexibility index (Phi) is 2.45. The van der Waals surface area contributed by atoms with E-state index >= 15 is 0 Å². The second-order valence-electron chi connectivity index (χ2n) is 3.09. The summed E-state index contributed by atoms with van der Waals surface area (Å²) in [7, 11) is 3.05. The van der Waals surface area contributed by atoms with Gasteiger partial charge in [0.2, 0.25) is 0 Å². The number of hydrogen-bond acceptors (Lipinski definition) is 4. The predicted molar refractivity (Wildman–Crippen MR) is 56.9 cm³/mol. The molecular weight excluding hydrogens is 214 g/mol. The fraction of sp³-hybridized carbons (Fsp3) is 0.333. The van der Waals surface area contributed by atoms with Crippen molar-refractivity contribution in [3.63, 3.8) is 0 Å². The first-order valence-electron chi connectivity index (χ1n) is 4.38. The molecule has 0 radical (unpaired) electrons. The van der Waals surface area contributed by atoms with Gasteiger partial charge in [0, 0.05) is 11.9 Å². The van der Waals surface area contributed by atoms with Gasteiger partial charge < -0.3 is 0 Å². The lowest BCUT2D eigenvalue weighted by Crippen LogP contribution is -2.27. The lowest BCUT2D eigenvalue weighted by molar-refractivity contribution is -0.0761. The van der Waals surface area contributed by atoms with Crippen LogP contribution in [0, 0.1) is 6.92 Å². The van der Waals surface area contributed by atoms with E-state index in [4.69, 9.17) is 4.84 Å². The third-order valence-corrected chi connectivity index (χ3v) is 3.21. The number of hydroxylamine groups is 2. The molecule has 0 aliphatic carbocycles. The third kappa shape index (κ3) is 1.51.